The summed E-state index contributed by atoms with van der Waals surface area (Å²) in [6.07, 6.45) is 1.52. The first kappa shape index (κ1) is 13.4. The lowest BCUT2D eigenvalue weighted by molar-refractivity contribution is 0.0945. The summed E-state index contributed by atoms with van der Waals surface area (Å²) in [6.45, 7) is 4.47. The van der Waals surface area contributed by atoms with Crippen molar-refractivity contribution in [3.63, 3.8) is 0 Å². The minimum atomic E-state index is -0.168. The van der Waals surface area contributed by atoms with Crippen molar-refractivity contribution in [1.82, 2.24) is 15.2 Å². The van der Waals surface area contributed by atoms with Crippen molar-refractivity contribution >= 4 is 11.6 Å². The standard InChI is InChI=1S/C11H19N5O/c1-3-16(2)7-6-13-11(17)10-5-4-9(15-12)8-14-10/h4-5,8,15H,3,6-7,12H2,1-2H3,(H,13,17). The van der Waals surface area contributed by atoms with Crippen LogP contribution in [0, 0.1) is 0 Å². The van der Waals surface area contributed by atoms with Gasteiger partial charge in [0.1, 0.15) is 5.69 Å². The average molecular weight is 237 g/mol. The highest BCUT2D eigenvalue weighted by molar-refractivity contribution is 5.92. The fourth-order valence-electron chi connectivity index (χ4n) is 1.22. The van der Waals surface area contributed by atoms with Gasteiger partial charge in [0, 0.05) is 13.1 Å². The number of nitrogens with one attached hydrogen (secondary N) is 2. The molecular formula is C11H19N5O. The highest BCUT2D eigenvalue weighted by Crippen LogP contribution is 2.03. The van der Waals surface area contributed by atoms with Gasteiger partial charge in [-0.1, -0.05) is 6.92 Å². The molecule has 0 aliphatic rings. The van der Waals surface area contributed by atoms with Crippen molar-refractivity contribution in [2.45, 2.75) is 6.92 Å². The van der Waals surface area contributed by atoms with Crippen molar-refractivity contribution in [3.8, 4) is 0 Å². The molecule has 0 spiro atoms. The van der Waals surface area contributed by atoms with E-state index in [9.17, 15) is 4.79 Å². The zero-order valence-electron chi connectivity index (χ0n) is 10.2. The maximum atomic E-state index is 11.7. The number of aromatic nitrogens is 1. The zero-order valence-corrected chi connectivity index (χ0v) is 10.2. The van der Waals surface area contributed by atoms with Crippen molar-refractivity contribution in [3.05, 3.63) is 24.0 Å². The van der Waals surface area contributed by atoms with Crippen LogP contribution < -0.4 is 16.6 Å². The number of hydrogen-bond acceptors (Lipinski definition) is 5. The molecule has 1 amide bonds. The Bertz CT molecular complexity index is 351. The lowest BCUT2D eigenvalue weighted by Gasteiger charge is -2.13. The third kappa shape index (κ3) is 4.38. The van der Waals surface area contributed by atoms with Gasteiger partial charge < -0.3 is 15.6 Å². The van der Waals surface area contributed by atoms with Crippen LogP contribution in [0.3, 0.4) is 0 Å². The van der Waals surface area contributed by atoms with Gasteiger partial charge in [-0.3, -0.25) is 10.6 Å². The maximum absolute atomic E-state index is 11.7. The van der Waals surface area contributed by atoms with Crippen molar-refractivity contribution in [2.24, 2.45) is 5.84 Å². The van der Waals surface area contributed by atoms with Crippen LogP contribution in [0.4, 0.5) is 5.69 Å². The Morgan fingerprint density at radius 2 is 2.29 bits per heavy atom. The predicted octanol–water partition coefficient (Wildman–Crippen LogP) is 0.0487. The van der Waals surface area contributed by atoms with Gasteiger partial charge in [0.2, 0.25) is 0 Å². The Hall–Kier alpha value is -1.66. The average Bonchev–Trinajstić information content (AvgIpc) is 2.38. The van der Waals surface area contributed by atoms with E-state index in [1.54, 1.807) is 12.1 Å². The lowest BCUT2D eigenvalue weighted by atomic mass is 10.3. The Labute approximate surface area is 101 Å². The molecule has 6 heteroatoms. The van der Waals surface area contributed by atoms with E-state index in [2.05, 4.69) is 27.6 Å². The molecule has 0 unspecified atom stereocenters. The molecule has 1 rings (SSSR count). The van der Waals surface area contributed by atoms with Crippen LogP contribution >= 0.6 is 0 Å². The number of nitrogen functional groups attached to an aromatic ring is 1. The molecule has 17 heavy (non-hydrogen) atoms. The molecule has 0 bridgehead atoms. The normalized spacial score (nSPS) is 10.4. The second kappa shape index (κ2) is 6.82. The second-order valence-corrected chi connectivity index (χ2v) is 3.73. The van der Waals surface area contributed by atoms with Crippen LogP contribution in [0.1, 0.15) is 17.4 Å². The number of anilines is 1. The van der Waals surface area contributed by atoms with Gasteiger partial charge in [-0.25, -0.2) is 4.98 Å². The van der Waals surface area contributed by atoms with E-state index < -0.39 is 0 Å². The third-order valence-electron chi connectivity index (χ3n) is 2.48. The number of nitrogens with two attached hydrogens (primary N) is 1. The molecule has 0 saturated heterocycles. The minimum absolute atomic E-state index is 0.168. The van der Waals surface area contributed by atoms with Gasteiger partial charge >= 0.3 is 0 Å². The molecule has 0 aromatic carbocycles. The quantitative estimate of drug-likeness (QED) is 0.481. The molecule has 6 nitrogen and oxygen atoms in total. The summed E-state index contributed by atoms with van der Waals surface area (Å²) >= 11 is 0. The number of hydrogen-bond donors (Lipinski definition) is 3. The SMILES string of the molecule is CCN(C)CCNC(=O)c1ccc(NN)cn1. The number of nitrogens with zero attached hydrogens (tertiary/aromatic N) is 2. The number of pyridine rings is 1. The van der Waals surface area contributed by atoms with Crippen LogP contribution in [-0.4, -0.2) is 42.5 Å². The highest BCUT2D eigenvalue weighted by atomic mass is 16.1. The number of amides is 1. The smallest absolute Gasteiger partial charge is 0.269 e. The Kier molecular flexibility index (Phi) is 5.38. The van der Waals surface area contributed by atoms with Crippen LogP contribution in [-0.2, 0) is 0 Å². The van der Waals surface area contributed by atoms with E-state index in [4.69, 9.17) is 5.84 Å². The van der Waals surface area contributed by atoms with E-state index in [1.807, 2.05) is 7.05 Å². The number of carbonyl (C=O) groups is 1. The molecule has 0 atom stereocenters. The predicted molar refractivity (Wildman–Crippen MR) is 67.6 cm³/mol. The molecule has 0 radical (unpaired) electrons. The molecule has 0 saturated carbocycles. The number of rotatable bonds is 6. The fourth-order valence-corrected chi connectivity index (χ4v) is 1.22. The lowest BCUT2D eigenvalue weighted by Crippen LogP contribution is -2.33. The van der Waals surface area contributed by atoms with Gasteiger partial charge in [0.05, 0.1) is 11.9 Å². The summed E-state index contributed by atoms with van der Waals surface area (Å²) in [7, 11) is 2.01. The third-order valence-corrected chi connectivity index (χ3v) is 2.48. The van der Waals surface area contributed by atoms with Gasteiger partial charge in [0.25, 0.3) is 5.91 Å². The Balaban J connectivity index is 2.41. The first-order valence-corrected chi connectivity index (χ1v) is 5.56. The van der Waals surface area contributed by atoms with Crippen LogP contribution in [0.15, 0.2) is 18.3 Å². The molecular weight excluding hydrogens is 218 g/mol. The summed E-state index contributed by atoms with van der Waals surface area (Å²) in [5, 5.41) is 2.81. The van der Waals surface area contributed by atoms with Gasteiger partial charge in [-0.15, -0.1) is 0 Å². The summed E-state index contributed by atoms with van der Waals surface area (Å²) in [4.78, 5) is 17.8. The van der Waals surface area contributed by atoms with E-state index in [0.29, 0.717) is 17.9 Å². The van der Waals surface area contributed by atoms with Crippen molar-refractivity contribution in [2.75, 3.05) is 32.1 Å². The van der Waals surface area contributed by atoms with E-state index in [1.165, 1.54) is 6.20 Å². The molecule has 0 fully saturated rings. The zero-order chi connectivity index (χ0) is 12.7. The molecule has 1 aromatic rings. The fraction of sp³-hybridized carbons (Fsp3) is 0.455. The van der Waals surface area contributed by atoms with Crippen molar-refractivity contribution in [1.29, 1.82) is 0 Å². The summed E-state index contributed by atoms with van der Waals surface area (Å²) in [5.41, 5.74) is 3.52. The number of carbonyl (C=O) groups excluding carboxylic acids is 1. The van der Waals surface area contributed by atoms with Crippen LogP contribution in [0.25, 0.3) is 0 Å². The topological polar surface area (TPSA) is 83.3 Å². The first-order chi connectivity index (χ1) is 8.17. The number of likely N-dealkylation sites (N-methyl/N-ethyl adjacent to an activating group) is 1. The maximum Gasteiger partial charge on any atom is 0.269 e. The molecule has 1 heterocycles. The van der Waals surface area contributed by atoms with Gasteiger partial charge in [0.15, 0.2) is 0 Å². The summed E-state index contributed by atoms with van der Waals surface area (Å²) < 4.78 is 0. The Morgan fingerprint density at radius 3 is 2.82 bits per heavy atom. The van der Waals surface area contributed by atoms with Crippen molar-refractivity contribution < 1.29 is 4.79 Å². The first-order valence-electron chi connectivity index (χ1n) is 5.56. The Morgan fingerprint density at radius 1 is 1.53 bits per heavy atom. The summed E-state index contributed by atoms with van der Waals surface area (Å²) in [5.74, 6) is 5.04. The highest BCUT2D eigenvalue weighted by Gasteiger charge is 2.06. The summed E-state index contributed by atoms with van der Waals surface area (Å²) in [6, 6.07) is 3.34. The second-order valence-electron chi connectivity index (χ2n) is 3.73. The van der Waals surface area contributed by atoms with E-state index in [-0.39, 0.29) is 5.91 Å². The van der Waals surface area contributed by atoms with E-state index in [0.717, 1.165) is 13.1 Å². The molecule has 4 N–H and O–H groups in total. The van der Waals surface area contributed by atoms with Gasteiger partial charge in [-0.05, 0) is 25.7 Å². The monoisotopic (exact) mass is 237 g/mol. The van der Waals surface area contributed by atoms with Crippen LogP contribution in [0.2, 0.25) is 0 Å². The van der Waals surface area contributed by atoms with Crippen LogP contribution in [0.5, 0.6) is 0 Å². The number of hydrazine groups is 1. The molecule has 0 aliphatic heterocycles. The van der Waals surface area contributed by atoms with E-state index >= 15 is 0 Å². The molecule has 94 valence electrons. The minimum Gasteiger partial charge on any atom is -0.349 e. The largest absolute Gasteiger partial charge is 0.349 e. The molecule has 1 aromatic heterocycles. The molecule has 0 aliphatic carbocycles. The van der Waals surface area contributed by atoms with Gasteiger partial charge in [-0.2, -0.15) is 0 Å².